The Morgan fingerprint density at radius 3 is 2.59 bits per heavy atom. The van der Waals surface area contributed by atoms with Crippen molar-refractivity contribution in [2.45, 2.75) is 13.3 Å². The van der Waals surface area contributed by atoms with E-state index in [9.17, 15) is 4.79 Å². The van der Waals surface area contributed by atoms with E-state index in [1.54, 1.807) is 12.1 Å². The Balaban J connectivity index is 2.20. The molecule has 2 aromatic rings. The van der Waals surface area contributed by atoms with E-state index < -0.39 is 0 Å². The van der Waals surface area contributed by atoms with Crippen LogP contribution < -0.4 is 0 Å². The maximum Gasteiger partial charge on any atom is 0.168 e. The number of carbonyl (C=O) groups is 1. The zero-order chi connectivity index (χ0) is 12.3. The predicted molar refractivity (Wildman–Crippen MR) is 70.7 cm³/mol. The summed E-state index contributed by atoms with van der Waals surface area (Å²) >= 11 is 6.00. The summed E-state index contributed by atoms with van der Waals surface area (Å²) in [7, 11) is 0. The number of hydrogen-bond acceptors (Lipinski definition) is 1. The number of hydrogen-bond donors (Lipinski definition) is 0. The van der Waals surface area contributed by atoms with E-state index in [1.807, 2.05) is 43.3 Å². The van der Waals surface area contributed by atoms with E-state index >= 15 is 0 Å². The molecule has 0 saturated carbocycles. The largest absolute Gasteiger partial charge is 0.294 e. The van der Waals surface area contributed by atoms with Crippen LogP contribution in [-0.4, -0.2) is 5.78 Å². The summed E-state index contributed by atoms with van der Waals surface area (Å²) < 4.78 is 0. The van der Waals surface area contributed by atoms with Crippen LogP contribution in [0.2, 0.25) is 5.02 Å². The zero-order valence-electron chi connectivity index (χ0n) is 9.61. The molecule has 2 heteroatoms. The van der Waals surface area contributed by atoms with Gasteiger partial charge in [0.1, 0.15) is 0 Å². The van der Waals surface area contributed by atoms with Gasteiger partial charge in [0.2, 0.25) is 0 Å². The quantitative estimate of drug-likeness (QED) is 0.744. The lowest BCUT2D eigenvalue weighted by molar-refractivity contribution is 0.0993. The van der Waals surface area contributed by atoms with Crippen molar-refractivity contribution >= 4 is 17.4 Å². The van der Waals surface area contributed by atoms with Crippen LogP contribution >= 0.6 is 11.6 Å². The maximum absolute atomic E-state index is 12.1. The fourth-order valence-electron chi connectivity index (χ4n) is 1.79. The molecule has 0 fully saturated rings. The molecule has 0 aliphatic rings. The predicted octanol–water partition coefficient (Wildman–Crippen LogP) is 4.07. The van der Waals surface area contributed by atoms with Crippen molar-refractivity contribution in [2.24, 2.45) is 0 Å². The Bertz CT molecular complexity index is 546. The highest BCUT2D eigenvalue weighted by Crippen LogP contribution is 2.17. The topological polar surface area (TPSA) is 17.1 Å². The van der Waals surface area contributed by atoms with Crippen molar-refractivity contribution in [3.05, 3.63) is 70.2 Å². The number of halogens is 1. The molecule has 0 N–H and O–H groups in total. The van der Waals surface area contributed by atoms with Gasteiger partial charge in [0.15, 0.2) is 5.78 Å². The molecule has 2 rings (SSSR count). The summed E-state index contributed by atoms with van der Waals surface area (Å²) in [5, 5.41) is 0.519. The number of aryl methyl sites for hydroxylation is 1. The van der Waals surface area contributed by atoms with Gasteiger partial charge in [-0.25, -0.2) is 0 Å². The molecule has 0 aliphatic heterocycles. The molecular formula is C15H13ClO. The monoisotopic (exact) mass is 244 g/mol. The Morgan fingerprint density at radius 1 is 1.12 bits per heavy atom. The van der Waals surface area contributed by atoms with Gasteiger partial charge in [-0.05, 0) is 24.6 Å². The lowest BCUT2D eigenvalue weighted by atomic mass is 10.0. The van der Waals surface area contributed by atoms with Crippen LogP contribution in [0.5, 0.6) is 0 Å². The van der Waals surface area contributed by atoms with Gasteiger partial charge in [-0.3, -0.25) is 4.79 Å². The second kappa shape index (κ2) is 5.15. The van der Waals surface area contributed by atoms with E-state index in [-0.39, 0.29) is 5.78 Å². The maximum atomic E-state index is 12.1. The van der Waals surface area contributed by atoms with Crippen LogP contribution in [-0.2, 0) is 6.42 Å². The third-order valence-electron chi connectivity index (χ3n) is 2.62. The van der Waals surface area contributed by atoms with Crippen LogP contribution in [0.25, 0.3) is 0 Å². The second-order valence-electron chi connectivity index (χ2n) is 4.07. The Hall–Kier alpha value is -1.60. The Morgan fingerprint density at radius 2 is 1.88 bits per heavy atom. The van der Waals surface area contributed by atoms with Crippen LogP contribution in [0.1, 0.15) is 21.5 Å². The molecule has 0 amide bonds. The van der Waals surface area contributed by atoms with Crippen LogP contribution in [0.4, 0.5) is 0 Å². The van der Waals surface area contributed by atoms with Gasteiger partial charge in [-0.1, -0.05) is 53.6 Å². The standard InChI is InChI=1S/C15H13ClO/c1-11-5-4-6-12(9-11)10-15(17)13-7-2-3-8-14(13)16/h2-9H,10H2,1H3. The molecule has 0 aromatic heterocycles. The summed E-state index contributed by atoms with van der Waals surface area (Å²) in [6.07, 6.45) is 0.394. The molecule has 1 nitrogen and oxygen atoms in total. The van der Waals surface area contributed by atoms with E-state index in [0.717, 1.165) is 11.1 Å². The minimum Gasteiger partial charge on any atom is -0.294 e. The summed E-state index contributed by atoms with van der Waals surface area (Å²) in [5.74, 6) is 0.0567. The van der Waals surface area contributed by atoms with E-state index in [1.165, 1.54) is 0 Å². The van der Waals surface area contributed by atoms with Gasteiger partial charge in [-0.15, -0.1) is 0 Å². The van der Waals surface area contributed by atoms with Gasteiger partial charge >= 0.3 is 0 Å². The van der Waals surface area contributed by atoms with Gasteiger partial charge in [0, 0.05) is 12.0 Å². The molecule has 0 aliphatic carbocycles. The number of rotatable bonds is 3. The first-order valence-corrected chi connectivity index (χ1v) is 5.88. The van der Waals surface area contributed by atoms with Gasteiger partial charge in [0.25, 0.3) is 0 Å². The molecule has 0 saturated heterocycles. The van der Waals surface area contributed by atoms with Crippen molar-refractivity contribution in [2.75, 3.05) is 0 Å². The molecule has 2 aromatic carbocycles. The number of Topliss-reactive ketones (excluding diaryl/α,β-unsaturated/α-hetero) is 1. The molecule has 0 bridgehead atoms. The fourth-order valence-corrected chi connectivity index (χ4v) is 2.03. The lowest BCUT2D eigenvalue weighted by Gasteiger charge is -2.04. The first-order valence-electron chi connectivity index (χ1n) is 5.50. The molecule has 0 heterocycles. The first kappa shape index (κ1) is 11.9. The summed E-state index contributed by atoms with van der Waals surface area (Å²) in [6.45, 7) is 2.02. The zero-order valence-corrected chi connectivity index (χ0v) is 10.4. The molecule has 86 valence electrons. The number of benzene rings is 2. The third kappa shape index (κ3) is 2.95. The molecule has 17 heavy (non-hydrogen) atoms. The lowest BCUT2D eigenvalue weighted by Crippen LogP contribution is -2.04. The molecular weight excluding hydrogens is 232 g/mol. The van der Waals surface area contributed by atoms with E-state index in [2.05, 4.69) is 0 Å². The van der Waals surface area contributed by atoms with Crippen molar-refractivity contribution in [1.82, 2.24) is 0 Å². The minimum absolute atomic E-state index is 0.0567. The Kier molecular flexibility index (Phi) is 3.60. The molecule has 0 atom stereocenters. The highest BCUT2D eigenvalue weighted by Gasteiger charge is 2.10. The van der Waals surface area contributed by atoms with Crippen molar-refractivity contribution < 1.29 is 4.79 Å². The van der Waals surface area contributed by atoms with Gasteiger partial charge in [0.05, 0.1) is 5.02 Å². The fraction of sp³-hybridized carbons (Fsp3) is 0.133. The minimum atomic E-state index is 0.0567. The SMILES string of the molecule is Cc1cccc(CC(=O)c2ccccc2Cl)c1. The molecule has 0 radical (unpaired) electrons. The summed E-state index contributed by atoms with van der Waals surface area (Å²) in [4.78, 5) is 12.1. The smallest absolute Gasteiger partial charge is 0.168 e. The molecule has 0 unspecified atom stereocenters. The average molecular weight is 245 g/mol. The summed E-state index contributed by atoms with van der Waals surface area (Å²) in [6, 6.07) is 15.1. The van der Waals surface area contributed by atoms with E-state index in [0.29, 0.717) is 17.0 Å². The second-order valence-corrected chi connectivity index (χ2v) is 4.48. The van der Waals surface area contributed by atoms with Crippen LogP contribution in [0.15, 0.2) is 48.5 Å². The first-order chi connectivity index (χ1) is 8.16. The number of carbonyl (C=O) groups excluding carboxylic acids is 1. The summed E-state index contributed by atoms with van der Waals surface area (Å²) in [5.41, 5.74) is 2.78. The highest BCUT2D eigenvalue weighted by atomic mass is 35.5. The van der Waals surface area contributed by atoms with Gasteiger partial charge < -0.3 is 0 Å². The van der Waals surface area contributed by atoms with E-state index in [4.69, 9.17) is 11.6 Å². The Labute approximate surface area is 106 Å². The van der Waals surface area contributed by atoms with Crippen LogP contribution in [0.3, 0.4) is 0 Å². The van der Waals surface area contributed by atoms with Crippen molar-refractivity contribution in [3.63, 3.8) is 0 Å². The van der Waals surface area contributed by atoms with Gasteiger partial charge in [-0.2, -0.15) is 0 Å². The average Bonchev–Trinajstić information content (AvgIpc) is 2.29. The normalized spacial score (nSPS) is 10.2. The van der Waals surface area contributed by atoms with Crippen molar-refractivity contribution in [1.29, 1.82) is 0 Å². The van der Waals surface area contributed by atoms with Crippen LogP contribution in [0, 0.1) is 6.92 Å². The number of ketones is 1. The van der Waals surface area contributed by atoms with Crippen molar-refractivity contribution in [3.8, 4) is 0 Å². The highest BCUT2D eigenvalue weighted by molar-refractivity contribution is 6.34. The molecule has 0 spiro atoms. The third-order valence-corrected chi connectivity index (χ3v) is 2.95.